The van der Waals surface area contributed by atoms with Crippen molar-refractivity contribution in [1.29, 1.82) is 0 Å². The number of hydrogen-bond acceptors (Lipinski definition) is 5. The first-order valence-electron chi connectivity index (χ1n) is 10.2. The van der Waals surface area contributed by atoms with E-state index >= 15 is 0 Å². The molecule has 2 aliphatic heterocycles. The van der Waals surface area contributed by atoms with E-state index in [9.17, 15) is 4.79 Å². The van der Waals surface area contributed by atoms with Gasteiger partial charge in [0.2, 0.25) is 0 Å². The molecule has 0 spiro atoms. The molecular weight excluding hydrogens is 400 g/mol. The monoisotopic (exact) mass is 430 g/mol. The van der Waals surface area contributed by atoms with Gasteiger partial charge in [0.05, 0.1) is 17.7 Å². The Kier molecular flexibility index (Phi) is 6.32. The van der Waals surface area contributed by atoms with E-state index < -0.39 is 0 Å². The Morgan fingerprint density at radius 2 is 2.07 bits per heavy atom. The summed E-state index contributed by atoms with van der Waals surface area (Å²) in [6, 6.07) is 10.8. The highest BCUT2D eigenvalue weighted by atomic mass is 32.2. The molecule has 3 atom stereocenters. The summed E-state index contributed by atoms with van der Waals surface area (Å²) in [4.78, 5) is 15.5. The topological polar surface area (TPSA) is 34.5 Å². The van der Waals surface area contributed by atoms with Gasteiger partial charge in [-0.05, 0) is 49.8 Å². The molecule has 156 valence electrons. The van der Waals surface area contributed by atoms with E-state index in [1.807, 2.05) is 23.5 Å². The molecule has 3 heterocycles. The molecular formula is C23H30N2O2S2. The first-order chi connectivity index (χ1) is 14.1. The van der Waals surface area contributed by atoms with Crippen LogP contribution in [0.2, 0.25) is 0 Å². The van der Waals surface area contributed by atoms with Crippen molar-refractivity contribution in [1.82, 2.24) is 9.47 Å². The molecule has 0 N–H and O–H groups in total. The van der Waals surface area contributed by atoms with Crippen molar-refractivity contribution in [2.24, 2.45) is 5.92 Å². The zero-order valence-corrected chi connectivity index (χ0v) is 19.3. The first kappa shape index (κ1) is 20.9. The molecule has 6 heteroatoms. The number of nitrogens with zero attached hydrogens (tertiary/aromatic N) is 2. The smallest absolute Gasteiger partial charge is 0.329 e. The third kappa shape index (κ3) is 3.64. The fraction of sp³-hybridized carbons (Fsp3) is 0.522. The average Bonchev–Trinajstić information content (AvgIpc) is 3.14. The summed E-state index contributed by atoms with van der Waals surface area (Å²) in [6.45, 7) is 4.12. The molecule has 0 saturated carbocycles. The van der Waals surface area contributed by atoms with E-state index in [1.165, 1.54) is 30.2 Å². The lowest BCUT2D eigenvalue weighted by Gasteiger charge is -2.48. The zero-order valence-electron chi connectivity index (χ0n) is 17.6. The predicted molar refractivity (Wildman–Crippen MR) is 125 cm³/mol. The number of carbonyl (C=O) groups is 1. The van der Waals surface area contributed by atoms with Gasteiger partial charge in [-0.25, -0.2) is 4.79 Å². The minimum absolute atomic E-state index is 0.131. The zero-order chi connectivity index (χ0) is 20.5. The van der Waals surface area contributed by atoms with E-state index in [2.05, 4.69) is 65.3 Å². The summed E-state index contributed by atoms with van der Waals surface area (Å²) >= 11 is 3.88. The minimum Gasteiger partial charge on any atom is -0.467 e. The van der Waals surface area contributed by atoms with Crippen LogP contribution in [-0.2, 0) is 9.53 Å². The average molecular weight is 431 g/mol. The van der Waals surface area contributed by atoms with Crippen LogP contribution in [0.15, 0.2) is 42.0 Å². The van der Waals surface area contributed by atoms with Gasteiger partial charge in [-0.15, -0.1) is 0 Å². The lowest BCUT2D eigenvalue weighted by Crippen LogP contribution is -2.48. The highest BCUT2D eigenvalue weighted by Gasteiger charge is 2.47. The molecule has 1 aromatic carbocycles. The highest BCUT2D eigenvalue weighted by Crippen LogP contribution is 2.49. The van der Waals surface area contributed by atoms with E-state index in [0.29, 0.717) is 10.6 Å². The Morgan fingerprint density at radius 3 is 2.76 bits per heavy atom. The fourth-order valence-electron chi connectivity index (χ4n) is 5.12. The quantitative estimate of drug-likeness (QED) is 0.361. The van der Waals surface area contributed by atoms with Gasteiger partial charge < -0.3 is 9.30 Å². The van der Waals surface area contributed by atoms with Gasteiger partial charge >= 0.3 is 5.97 Å². The second-order valence-corrected chi connectivity index (χ2v) is 10.2. The molecule has 1 saturated heterocycles. The van der Waals surface area contributed by atoms with E-state index in [-0.39, 0.29) is 17.9 Å². The van der Waals surface area contributed by atoms with Gasteiger partial charge in [0, 0.05) is 30.2 Å². The third-order valence-electron chi connectivity index (χ3n) is 6.55. The third-order valence-corrected chi connectivity index (χ3v) is 9.23. The largest absolute Gasteiger partial charge is 0.467 e. The number of carbonyl (C=O) groups excluding carboxylic acids is 1. The maximum atomic E-state index is 12.9. The molecule has 2 aliphatic rings. The maximum absolute atomic E-state index is 12.9. The van der Waals surface area contributed by atoms with Crippen molar-refractivity contribution in [3.63, 3.8) is 0 Å². The Balaban J connectivity index is 1.79. The van der Waals surface area contributed by atoms with Gasteiger partial charge in [-0.2, -0.15) is 23.5 Å². The second-order valence-electron chi connectivity index (χ2n) is 7.85. The summed E-state index contributed by atoms with van der Waals surface area (Å²) in [5, 5.41) is 1.21. The fourth-order valence-corrected chi connectivity index (χ4v) is 6.57. The number of para-hydroxylation sites is 1. The number of aromatic nitrogens is 1. The summed E-state index contributed by atoms with van der Waals surface area (Å²) in [5.41, 5.74) is 3.76. The maximum Gasteiger partial charge on any atom is 0.329 e. The Labute approximate surface area is 182 Å². The number of rotatable bonds is 6. The number of hydrogen-bond donors (Lipinski definition) is 0. The number of allylic oxidation sites excluding steroid dienone is 1. The minimum atomic E-state index is -0.273. The van der Waals surface area contributed by atoms with Gasteiger partial charge in [0.1, 0.15) is 6.04 Å². The van der Waals surface area contributed by atoms with Crippen molar-refractivity contribution in [3.05, 3.63) is 47.7 Å². The van der Waals surface area contributed by atoms with Crippen LogP contribution in [0.4, 0.5) is 0 Å². The second kappa shape index (κ2) is 8.78. The van der Waals surface area contributed by atoms with E-state index in [0.717, 1.165) is 25.0 Å². The molecule has 4 rings (SSSR count). The van der Waals surface area contributed by atoms with Crippen LogP contribution in [0.1, 0.15) is 37.5 Å². The number of benzene rings is 1. The molecule has 0 unspecified atom stereocenters. The summed E-state index contributed by atoms with van der Waals surface area (Å²) < 4.78 is 8.18. The molecule has 0 amide bonds. The molecule has 1 fully saturated rings. The molecule has 1 aromatic heterocycles. The number of piperidine rings is 1. The van der Waals surface area contributed by atoms with Crippen molar-refractivity contribution in [2.75, 3.05) is 32.7 Å². The lowest BCUT2D eigenvalue weighted by molar-refractivity contribution is -0.147. The molecule has 29 heavy (non-hydrogen) atoms. The van der Waals surface area contributed by atoms with Crippen LogP contribution in [-0.4, -0.2) is 52.7 Å². The molecule has 2 bridgehead atoms. The number of methoxy groups -OCH3 is 1. The van der Waals surface area contributed by atoms with Crippen molar-refractivity contribution in [3.8, 4) is 0 Å². The Hall–Kier alpha value is -1.37. The molecule has 0 radical (unpaired) electrons. The number of thioether (sulfide) groups is 2. The van der Waals surface area contributed by atoms with Crippen LogP contribution in [0.5, 0.6) is 0 Å². The van der Waals surface area contributed by atoms with E-state index in [4.69, 9.17) is 4.74 Å². The molecule has 2 aromatic rings. The number of esters is 1. The van der Waals surface area contributed by atoms with Crippen molar-refractivity contribution in [2.45, 2.75) is 36.4 Å². The molecule has 0 aliphatic carbocycles. The van der Waals surface area contributed by atoms with Crippen LogP contribution >= 0.6 is 23.5 Å². The SMILES string of the molecule is C/C=C1/CN(CCC(SC)SC)[C@H]2C[C@@H]1[C@@H](C(=O)OC)n1c2cc2ccccc21. The standard InChI is InChI=1S/C23H30N2O2S2/c1-5-15-14-24(11-10-21(28-3)29-4)19-13-17(15)22(23(26)27-2)25-18-9-7-6-8-16(18)12-20(19)25/h5-9,12,17,19,21-22H,10-11,13-14H2,1-4H3/b15-5-/t17-,19-,22-/m0/s1. The van der Waals surface area contributed by atoms with Gasteiger partial charge in [-0.1, -0.05) is 29.8 Å². The summed E-state index contributed by atoms with van der Waals surface area (Å²) in [5.74, 6) is 0.0718. The normalized spacial score (nSPS) is 25.6. The number of ether oxygens (including phenoxy) is 1. The summed E-state index contributed by atoms with van der Waals surface area (Å²) in [7, 11) is 1.51. The number of likely N-dealkylation sites (tertiary alicyclic amines) is 1. The first-order valence-corrected chi connectivity index (χ1v) is 12.8. The lowest BCUT2D eigenvalue weighted by atomic mass is 9.77. The number of fused-ring (bicyclic) bond motifs is 6. The van der Waals surface area contributed by atoms with E-state index in [1.54, 1.807) is 0 Å². The highest BCUT2D eigenvalue weighted by molar-refractivity contribution is 8.16. The van der Waals surface area contributed by atoms with Crippen molar-refractivity contribution >= 4 is 40.4 Å². The Bertz CT molecular complexity index is 919. The summed E-state index contributed by atoms with van der Waals surface area (Å²) in [6.07, 6.45) is 8.77. The molecule has 4 nitrogen and oxygen atoms in total. The van der Waals surface area contributed by atoms with Gasteiger partial charge in [0.15, 0.2) is 0 Å². The van der Waals surface area contributed by atoms with Crippen molar-refractivity contribution < 1.29 is 9.53 Å². The van der Waals surface area contributed by atoms with Gasteiger partial charge in [0.25, 0.3) is 0 Å². The van der Waals surface area contributed by atoms with Gasteiger partial charge in [-0.3, -0.25) is 4.90 Å². The van der Waals surface area contributed by atoms with Crippen LogP contribution in [0.25, 0.3) is 10.9 Å². The van der Waals surface area contributed by atoms with Crippen LogP contribution in [0.3, 0.4) is 0 Å². The van der Waals surface area contributed by atoms with Crippen LogP contribution < -0.4 is 0 Å². The predicted octanol–water partition coefficient (Wildman–Crippen LogP) is 5.12. The Morgan fingerprint density at radius 1 is 1.31 bits per heavy atom. The van der Waals surface area contributed by atoms with Crippen LogP contribution in [0, 0.1) is 5.92 Å².